The molecule has 0 aliphatic rings. The van der Waals surface area contributed by atoms with Gasteiger partial charge < -0.3 is 13.9 Å². The second-order valence-electron chi connectivity index (χ2n) is 14.7. The third-order valence-electron chi connectivity index (χ3n) is 11.3. The molecule has 3 nitrogen and oxygen atoms in total. The summed E-state index contributed by atoms with van der Waals surface area (Å²) in [5, 5.41) is 7.26. The van der Waals surface area contributed by atoms with Gasteiger partial charge in [0.15, 0.2) is 0 Å². The predicted molar refractivity (Wildman–Crippen MR) is 224 cm³/mol. The zero-order valence-electron chi connectivity index (χ0n) is 30.0. The molecule has 0 fully saturated rings. The Morgan fingerprint density at radius 2 is 1.19 bits per heavy atom. The van der Waals surface area contributed by atoms with Gasteiger partial charge in [-0.15, -0.1) is 0 Å². The standard InChI is InChI=1S/C50H38N2O/c1-50(2,37-23-26-46-41(31-37)40-17-9-11-19-45(40)52(46)39-24-21-34-15-7-8-16-35(34)29-39)44-18-10-12-20-47(44)51(3)38-25-28-49-43(32-38)42-30-36(22-27-48(42)53-49)33-13-5-4-6-14-33/h4-32H,1-3H3. The van der Waals surface area contributed by atoms with Crippen LogP contribution in [0.5, 0.6) is 0 Å². The number of nitrogens with zero attached hydrogens (tertiary/aromatic N) is 2. The maximum absolute atomic E-state index is 6.31. The average Bonchev–Trinajstić information content (AvgIpc) is 3.75. The molecule has 2 aromatic heterocycles. The van der Waals surface area contributed by atoms with Crippen LogP contribution in [-0.2, 0) is 5.41 Å². The van der Waals surface area contributed by atoms with Gasteiger partial charge in [-0.2, -0.15) is 0 Å². The molecule has 0 unspecified atom stereocenters. The van der Waals surface area contributed by atoms with Crippen LogP contribution in [0.15, 0.2) is 180 Å². The molecule has 0 atom stereocenters. The maximum Gasteiger partial charge on any atom is 0.135 e. The van der Waals surface area contributed by atoms with Gasteiger partial charge in [0.1, 0.15) is 11.2 Å². The van der Waals surface area contributed by atoms with E-state index in [1.54, 1.807) is 0 Å². The lowest BCUT2D eigenvalue weighted by Gasteiger charge is -2.32. The van der Waals surface area contributed by atoms with Crippen molar-refractivity contribution in [2.24, 2.45) is 0 Å². The van der Waals surface area contributed by atoms with Crippen LogP contribution in [0, 0.1) is 0 Å². The second kappa shape index (κ2) is 12.0. The van der Waals surface area contributed by atoms with Crippen LogP contribution in [0.1, 0.15) is 25.0 Å². The molecule has 10 aromatic rings. The first-order valence-corrected chi connectivity index (χ1v) is 18.3. The fraction of sp³-hybridized carbons (Fsp3) is 0.0800. The summed E-state index contributed by atoms with van der Waals surface area (Å²) in [5.74, 6) is 0. The molecular weight excluding hydrogens is 645 g/mol. The first-order chi connectivity index (χ1) is 25.9. The Kier molecular flexibility index (Phi) is 7.06. The monoisotopic (exact) mass is 682 g/mol. The van der Waals surface area contributed by atoms with Crippen LogP contribution in [-0.4, -0.2) is 11.6 Å². The number of rotatable bonds is 6. The molecule has 0 amide bonds. The highest BCUT2D eigenvalue weighted by atomic mass is 16.3. The Hall–Kier alpha value is -6.58. The molecule has 8 aromatic carbocycles. The Labute approximate surface area is 309 Å². The molecule has 0 radical (unpaired) electrons. The number of para-hydroxylation sites is 2. The smallest absolute Gasteiger partial charge is 0.135 e. The second-order valence-corrected chi connectivity index (χ2v) is 14.7. The number of furan rings is 1. The zero-order valence-corrected chi connectivity index (χ0v) is 30.0. The van der Waals surface area contributed by atoms with Gasteiger partial charge in [-0.3, -0.25) is 0 Å². The Bertz CT molecular complexity index is 3000. The lowest BCUT2D eigenvalue weighted by Crippen LogP contribution is -2.23. The number of fused-ring (bicyclic) bond motifs is 7. The third-order valence-corrected chi connectivity index (χ3v) is 11.3. The van der Waals surface area contributed by atoms with Crippen molar-refractivity contribution in [3.8, 4) is 16.8 Å². The van der Waals surface area contributed by atoms with E-state index in [0.29, 0.717) is 0 Å². The molecule has 0 saturated heterocycles. The quantitative estimate of drug-likeness (QED) is 0.174. The summed E-state index contributed by atoms with van der Waals surface area (Å²) in [5.41, 5.74) is 12.3. The SMILES string of the molecule is CN(c1ccc2oc3ccc(-c4ccccc4)cc3c2c1)c1ccccc1C(C)(C)c1ccc2c(c1)c1ccccc1n2-c1ccc2ccccc2c1. The van der Waals surface area contributed by atoms with Crippen molar-refractivity contribution in [3.05, 3.63) is 187 Å². The van der Waals surface area contributed by atoms with E-state index in [1.807, 2.05) is 0 Å². The van der Waals surface area contributed by atoms with Crippen molar-refractivity contribution < 1.29 is 4.42 Å². The van der Waals surface area contributed by atoms with Crippen LogP contribution >= 0.6 is 0 Å². The lowest BCUT2D eigenvalue weighted by molar-refractivity contribution is 0.641. The van der Waals surface area contributed by atoms with Crippen LogP contribution < -0.4 is 4.90 Å². The summed E-state index contributed by atoms with van der Waals surface area (Å²) < 4.78 is 8.72. The van der Waals surface area contributed by atoms with Gasteiger partial charge in [0, 0.05) is 51.1 Å². The maximum atomic E-state index is 6.31. The number of hydrogen-bond acceptors (Lipinski definition) is 2. The van der Waals surface area contributed by atoms with Crippen LogP contribution in [0.4, 0.5) is 11.4 Å². The molecular formula is C50H38N2O. The highest BCUT2D eigenvalue weighted by Crippen LogP contribution is 2.43. The topological polar surface area (TPSA) is 21.3 Å². The molecule has 53 heavy (non-hydrogen) atoms. The summed E-state index contributed by atoms with van der Waals surface area (Å²) in [4.78, 5) is 2.32. The van der Waals surface area contributed by atoms with E-state index in [2.05, 4.69) is 206 Å². The summed E-state index contributed by atoms with van der Waals surface area (Å²) in [6.07, 6.45) is 0. The lowest BCUT2D eigenvalue weighted by atomic mass is 9.76. The molecule has 0 N–H and O–H groups in total. The van der Waals surface area contributed by atoms with E-state index in [9.17, 15) is 0 Å². The number of benzene rings is 8. The molecule has 0 aliphatic heterocycles. The first kappa shape index (κ1) is 31.2. The third kappa shape index (κ3) is 5.03. The van der Waals surface area contributed by atoms with Gasteiger partial charge >= 0.3 is 0 Å². The molecule has 10 rings (SSSR count). The Balaban J connectivity index is 1.06. The van der Waals surface area contributed by atoms with Gasteiger partial charge in [0.25, 0.3) is 0 Å². The van der Waals surface area contributed by atoms with Crippen molar-refractivity contribution in [3.63, 3.8) is 0 Å². The molecule has 0 spiro atoms. The van der Waals surface area contributed by atoms with Crippen molar-refractivity contribution in [2.75, 3.05) is 11.9 Å². The van der Waals surface area contributed by atoms with Crippen molar-refractivity contribution in [2.45, 2.75) is 19.3 Å². The Morgan fingerprint density at radius 3 is 2.06 bits per heavy atom. The fourth-order valence-electron chi connectivity index (χ4n) is 8.33. The van der Waals surface area contributed by atoms with Crippen LogP contribution in [0.25, 0.3) is 71.3 Å². The predicted octanol–water partition coefficient (Wildman–Crippen LogP) is 13.6. The Morgan fingerprint density at radius 1 is 0.491 bits per heavy atom. The van der Waals surface area contributed by atoms with Gasteiger partial charge in [-0.25, -0.2) is 0 Å². The van der Waals surface area contributed by atoms with Crippen molar-refractivity contribution in [1.29, 1.82) is 0 Å². The number of aromatic nitrogens is 1. The zero-order chi connectivity index (χ0) is 35.7. The molecule has 0 bridgehead atoms. The molecule has 0 saturated carbocycles. The van der Waals surface area contributed by atoms with E-state index in [1.165, 1.54) is 66.2 Å². The molecule has 254 valence electrons. The summed E-state index contributed by atoms with van der Waals surface area (Å²) >= 11 is 0. The summed E-state index contributed by atoms with van der Waals surface area (Å²) in [6, 6.07) is 63.6. The van der Waals surface area contributed by atoms with Crippen molar-refractivity contribution >= 4 is 65.9 Å². The largest absolute Gasteiger partial charge is 0.456 e. The van der Waals surface area contributed by atoms with Crippen molar-refractivity contribution in [1.82, 2.24) is 4.57 Å². The minimum Gasteiger partial charge on any atom is -0.456 e. The van der Waals surface area contributed by atoms with E-state index in [4.69, 9.17) is 4.42 Å². The minimum atomic E-state index is -0.289. The summed E-state index contributed by atoms with van der Waals surface area (Å²) in [6.45, 7) is 4.70. The fourth-order valence-corrected chi connectivity index (χ4v) is 8.33. The van der Waals surface area contributed by atoms with E-state index in [0.717, 1.165) is 27.6 Å². The molecule has 2 heterocycles. The van der Waals surface area contributed by atoms with E-state index in [-0.39, 0.29) is 5.41 Å². The number of anilines is 2. The highest BCUT2D eigenvalue weighted by molar-refractivity contribution is 6.10. The molecule has 3 heteroatoms. The van der Waals surface area contributed by atoms with Gasteiger partial charge in [-0.05, 0) is 99.8 Å². The minimum absolute atomic E-state index is 0.289. The van der Waals surface area contributed by atoms with E-state index < -0.39 is 0 Å². The normalized spacial score (nSPS) is 12.1. The van der Waals surface area contributed by atoms with Gasteiger partial charge in [-0.1, -0.05) is 123 Å². The van der Waals surface area contributed by atoms with Crippen LogP contribution in [0.2, 0.25) is 0 Å². The molecule has 0 aliphatic carbocycles. The van der Waals surface area contributed by atoms with Crippen LogP contribution in [0.3, 0.4) is 0 Å². The number of hydrogen-bond donors (Lipinski definition) is 0. The summed E-state index contributed by atoms with van der Waals surface area (Å²) in [7, 11) is 2.17. The highest BCUT2D eigenvalue weighted by Gasteiger charge is 2.28. The van der Waals surface area contributed by atoms with Gasteiger partial charge in [0.2, 0.25) is 0 Å². The van der Waals surface area contributed by atoms with E-state index >= 15 is 0 Å². The first-order valence-electron chi connectivity index (χ1n) is 18.3. The van der Waals surface area contributed by atoms with Gasteiger partial charge in [0.05, 0.1) is 11.0 Å². The average molecular weight is 683 g/mol.